The van der Waals surface area contributed by atoms with Crippen LogP contribution in [0.5, 0.6) is 11.5 Å². The van der Waals surface area contributed by atoms with Gasteiger partial charge >= 0.3 is 0 Å². The number of carbonyl (C=O) groups is 1. The molecular weight excluding hydrogens is 250 g/mol. The maximum atomic E-state index is 11.9. The highest BCUT2D eigenvalue weighted by Crippen LogP contribution is 2.40. The first kappa shape index (κ1) is 12.6. The Morgan fingerprint density at radius 2 is 2.06 bits per heavy atom. The van der Waals surface area contributed by atoms with E-state index in [9.17, 15) is 15.0 Å². The van der Waals surface area contributed by atoms with Gasteiger partial charge in [0.15, 0.2) is 5.78 Å². The van der Waals surface area contributed by atoms with E-state index in [1.807, 2.05) is 0 Å². The molecule has 0 amide bonds. The van der Waals surface area contributed by atoms with Gasteiger partial charge in [-0.2, -0.15) is 0 Å². The minimum atomic E-state index is -0.218. The number of benzene rings is 1. The minimum Gasteiger partial charge on any atom is -0.507 e. The molecule has 18 heavy (non-hydrogen) atoms. The Balaban J connectivity index is 2.61. The number of thiazole rings is 1. The number of nitrogens with zero attached hydrogens (tertiary/aromatic N) is 1. The lowest BCUT2D eigenvalue weighted by Gasteiger charge is -2.10. The molecule has 0 aliphatic rings. The maximum absolute atomic E-state index is 11.9. The van der Waals surface area contributed by atoms with Crippen molar-refractivity contribution in [2.45, 2.75) is 13.8 Å². The van der Waals surface area contributed by atoms with E-state index in [0.29, 0.717) is 5.01 Å². The fourth-order valence-electron chi connectivity index (χ4n) is 1.65. The summed E-state index contributed by atoms with van der Waals surface area (Å²) in [6.45, 7) is 3.52. The molecule has 0 saturated heterocycles. The van der Waals surface area contributed by atoms with Crippen molar-refractivity contribution in [1.82, 2.24) is 4.98 Å². The predicted molar refractivity (Wildman–Crippen MR) is 70.0 cm³/mol. The second-order valence-corrected chi connectivity index (χ2v) is 5.11. The van der Waals surface area contributed by atoms with Crippen molar-refractivity contribution < 1.29 is 15.0 Å². The van der Waals surface area contributed by atoms with Crippen molar-refractivity contribution in [3.63, 3.8) is 0 Å². The summed E-state index contributed by atoms with van der Waals surface area (Å²) < 4.78 is 0. The van der Waals surface area contributed by atoms with Crippen LogP contribution in [0.1, 0.15) is 24.2 Å². The molecule has 0 unspecified atom stereocenters. The topological polar surface area (TPSA) is 70.4 Å². The van der Waals surface area contributed by atoms with Crippen LogP contribution in [0, 0.1) is 5.92 Å². The van der Waals surface area contributed by atoms with Crippen molar-refractivity contribution in [2.24, 2.45) is 5.92 Å². The van der Waals surface area contributed by atoms with Crippen LogP contribution in [-0.2, 0) is 0 Å². The van der Waals surface area contributed by atoms with E-state index in [0.717, 1.165) is 0 Å². The molecule has 0 aliphatic heterocycles. The van der Waals surface area contributed by atoms with Crippen LogP contribution in [0.3, 0.4) is 0 Å². The summed E-state index contributed by atoms with van der Waals surface area (Å²) >= 11 is 1.29. The smallest absolute Gasteiger partial charge is 0.169 e. The normalized spacial score (nSPS) is 10.8. The number of phenolic OH excluding ortho intramolecular Hbond substituents is 2. The van der Waals surface area contributed by atoms with E-state index >= 15 is 0 Å². The lowest BCUT2D eigenvalue weighted by molar-refractivity contribution is 0.0937. The molecule has 1 aromatic heterocycles. The summed E-state index contributed by atoms with van der Waals surface area (Å²) in [7, 11) is 0. The minimum absolute atomic E-state index is 0.0808. The van der Waals surface area contributed by atoms with Gasteiger partial charge in [-0.15, -0.1) is 11.3 Å². The first-order chi connectivity index (χ1) is 8.52. The molecule has 2 N–H and O–H groups in total. The molecular formula is C13H13NO3S. The molecule has 0 saturated carbocycles. The van der Waals surface area contributed by atoms with Gasteiger partial charge in [0, 0.05) is 17.5 Å². The number of aromatic hydroxyl groups is 2. The van der Waals surface area contributed by atoms with Crippen molar-refractivity contribution >= 4 is 17.1 Å². The van der Waals surface area contributed by atoms with Crippen LogP contribution in [0.15, 0.2) is 23.7 Å². The highest BCUT2D eigenvalue weighted by Gasteiger charge is 2.21. The molecule has 0 fully saturated rings. The molecule has 1 aromatic carbocycles. The summed E-state index contributed by atoms with van der Waals surface area (Å²) in [6, 6.07) is 2.84. The second kappa shape index (κ2) is 4.78. The fraction of sp³-hybridized carbons (Fsp3) is 0.231. The van der Waals surface area contributed by atoms with Gasteiger partial charge in [0.25, 0.3) is 0 Å². The summed E-state index contributed by atoms with van der Waals surface area (Å²) in [5.74, 6) is -0.665. The Hall–Kier alpha value is -1.88. The zero-order valence-corrected chi connectivity index (χ0v) is 10.9. The van der Waals surface area contributed by atoms with Crippen molar-refractivity contribution in [3.8, 4) is 22.1 Å². The largest absolute Gasteiger partial charge is 0.507 e. The Labute approximate surface area is 109 Å². The van der Waals surface area contributed by atoms with Gasteiger partial charge < -0.3 is 10.2 Å². The monoisotopic (exact) mass is 263 g/mol. The SMILES string of the molecule is CC(C)C(=O)c1ccc(O)c(-c2nccs2)c1O. The van der Waals surface area contributed by atoms with E-state index in [-0.39, 0.29) is 34.3 Å². The van der Waals surface area contributed by atoms with Gasteiger partial charge in [0.1, 0.15) is 16.5 Å². The van der Waals surface area contributed by atoms with E-state index in [1.165, 1.54) is 23.5 Å². The summed E-state index contributed by atoms with van der Waals surface area (Å²) in [4.78, 5) is 16.0. The van der Waals surface area contributed by atoms with Crippen LogP contribution in [-0.4, -0.2) is 21.0 Å². The molecule has 0 spiro atoms. The van der Waals surface area contributed by atoms with E-state index < -0.39 is 0 Å². The third-order valence-corrected chi connectivity index (χ3v) is 3.38. The molecule has 94 valence electrons. The Bertz CT molecular complexity index is 576. The Kier molecular flexibility index (Phi) is 3.34. The molecule has 2 rings (SSSR count). The summed E-state index contributed by atoms with van der Waals surface area (Å²) in [6.07, 6.45) is 1.58. The van der Waals surface area contributed by atoms with Gasteiger partial charge in [-0.3, -0.25) is 4.79 Å². The predicted octanol–water partition coefficient (Wildman–Crippen LogP) is 3.06. The molecule has 0 aliphatic carbocycles. The van der Waals surface area contributed by atoms with Crippen LogP contribution in [0.4, 0.5) is 0 Å². The van der Waals surface area contributed by atoms with Crippen LogP contribution < -0.4 is 0 Å². The molecule has 1 heterocycles. The van der Waals surface area contributed by atoms with Crippen molar-refractivity contribution in [1.29, 1.82) is 0 Å². The average molecular weight is 263 g/mol. The molecule has 0 atom stereocenters. The number of rotatable bonds is 3. The number of aromatic nitrogens is 1. The Morgan fingerprint density at radius 3 is 2.61 bits per heavy atom. The molecule has 0 radical (unpaired) electrons. The van der Waals surface area contributed by atoms with Gasteiger partial charge in [-0.1, -0.05) is 13.8 Å². The zero-order chi connectivity index (χ0) is 13.3. The quantitative estimate of drug-likeness (QED) is 0.835. The molecule has 5 heteroatoms. The number of hydrogen-bond donors (Lipinski definition) is 2. The zero-order valence-electron chi connectivity index (χ0n) is 10.0. The van der Waals surface area contributed by atoms with Crippen LogP contribution >= 0.6 is 11.3 Å². The molecule has 2 aromatic rings. The number of Topliss-reactive ketones (excluding diaryl/α,β-unsaturated/α-hetero) is 1. The number of phenols is 2. The molecule has 4 nitrogen and oxygen atoms in total. The van der Waals surface area contributed by atoms with Crippen LogP contribution in [0.2, 0.25) is 0 Å². The standard InChI is InChI=1S/C13H13NO3S/c1-7(2)11(16)8-3-4-9(15)10(12(8)17)13-14-5-6-18-13/h3-7,15,17H,1-2H3. The van der Waals surface area contributed by atoms with Gasteiger partial charge in [0.2, 0.25) is 0 Å². The highest BCUT2D eigenvalue weighted by molar-refractivity contribution is 7.13. The third-order valence-electron chi connectivity index (χ3n) is 2.59. The van der Waals surface area contributed by atoms with E-state index in [1.54, 1.807) is 25.4 Å². The number of carbonyl (C=O) groups excluding carboxylic acids is 1. The lowest BCUT2D eigenvalue weighted by atomic mass is 9.97. The van der Waals surface area contributed by atoms with Gasteiger partial charge in [0.05, 0.1) is 11.1 Å². The van der Waals surface area contributed by atoms with E-state index in [2.05, 4.69) is 4.98 Å². The average Bonchev–Trinajstić information content (AvgIpc) is 2.82. The van der Waals surface area contributed by atoms with Crippen molar-refractivity contribution in [2.75, 3.05) is 0 Å². The van der Waals surface area contributed by atoms with Crippen molar-refractivity contribution in [3.05, 3.63) is 29.3 Å². The van der Waals surface area contributed by atoms with Gasteiger partial charge in [-0.05, 0) is 12.1 Å². The second-order valence-electron chi connectivity index (χ2n) is 4.21. The summed E-state index contributed by atoms with van der Waals surface area (Å²) in [5.41, 5.74) is 0.435. The van der Waals surface area contributed by atoms with Gasteiger partial charge in [-0.25, -0.2) is 4.98 Å². The maximum Gasteiger partial charge on any atom is 0.169 e. The van der Waals surface area contributed by atoms with E-state index in [4.69, 9.17) is 0 Å². The van der Waals surface area contributed by atoms with Crippen LogP contribution in [0.25, 0.3) is 10.6 Å². The summed E-state index contributed by atoms with van der Waals surface area (Å²) in [5, 5.41) is 22.2. The number of ketones is 1. The lowest BCUT2D eigenvalue weighted by Crippen LogP contribution is -2.07. The first-order valence-electron chi connectivity index (χ1n) is 5.51. The Morgan fingerprint density at radius 1 is 1.33 bits per heavy atom. The number of hydrogen-bond acceptors (Lipinski definition) is 5. The molecule has 0 bridgehead atoms. The highest BCUT2D eigenvalue weighted by atomic mass is 32.1. The third kappa shape index (κ3) is 2.09. The first-order valence-corrected chi connectivity index (χ1v) is 6.39. The fourth-order valence-corrected chi connectivity index (χ4v) is 2.34.